The summed E-state index contributed by atoms with van der Waals surface area (Å²) in [6, 6.07) is 14.2. The maximum Gasteiger partial charge on any atom is 0.160 e. The third kappa shape index (κ3) is 4.74. The Morgan fingerprint density at radius 2 is 1.97 bits per heavy atom. The summed E-state index contributed by atoms with van der Waals surface area (Å²) >= 11 is 0. The Morgan fingerprint density at radius 3 is 2.76 bits per heavy atom. The lowest BCUT2D eigenvalue weighted by molar-refractivity contribution is 0.122. The zero-order chi connectivity index (χ0) is 19.9. The van der Waals surface area contributed by atoms with Gasteiger partial charge in [-0.15, -0.1) is 0 Å². The fraction of sp³-hybridized carbons (Fsp3) is 0.409. The van der Waals surface area contributed by atoms with Crippen molar-refractivity contribution in [2.24, 2.45) is 5.10 Å². The summed E-state index contributed by atoms with van der Waals surface area (Å²) in [5.74, 6) is 1.73. The molecule has 0 aliphatic carbocycles. The van der Waals surface area contributed by atoms with Gasteiger partial charge in [-0.3, -0.25) is 5.43 Å². The molecule has 2 aromatic heterocycles. The van der Waals surface area contributed by atoms with E-state index in [4.69, 9.17) is 14.8 Å². The molecule has 1 saturated heterocycles. The minimum absolute atomic E-state index is 0.717. The van der Waals surface area contributed by atoms with Crippen LogP contribution in [-0.4, -0.2) is 47.1 Å². The average molecular weight is 393 g/mol. The molecule has 3 heterocycles. The number of rotatable bonds is 8. The van der Waals surface area contributed by atoms with E-state index in [0.29, 0.717) is 0 Å². The number of hydrogen-bond acceptors (Lipinski definition) is 6. The summed E-state index contributed by atoms with van der Waals surface area (Å²) in [5.41, 5.74) is 5.89. The van der Waals surface area contributed by atoms with Gasteiger partial charge < -0.3 is 9.64 Å². The van der Waals surface area contributed by atoms with Gasteiger partial charge in [0, 0.05) is 37.0 Å². The van der Waals surface area contributed by atoms with E-state index < -0.39 is 0 Å². The second kappa shape index (κ2) is 9.52. The smallest absolute Gasteiger partial charge is 0.160 e. The molecule has 1 fully saturated rings. The summed E-state index contributed by atoms with van der Waals surface area (Å²) < 4.78 is 7.44. The number of nitrogens with one attached hydrogen (secondary N) is 1. The normalized spacial score (nSPS) is 14.7. The first kappa shape index (κ1) is 19.4. The predicted molar refractivity (Wildman–Crippen MR) is 118 cm³/mol. The lowest BCUT2D eigenvalue weighted by atomic mass is 10.2. The first-order chi connectivity index (χ1) is 14.3. The van der Waals surface area contributed by atoms with E-state index in [1.54, 1.807) is 0 Å². The number of unbranched alkanes of at least 4 members (excludes halogenated alkanes) is 3. The molecule has 0 radical (unpaired) electrons. The van der Waals surface area contributed by atoms with Gasteiger partial charge in [0.25, 0.3) is 0 Å². The van der Waals surface area contributed by atoms with E-state index in [0.717, 1.165) is 67.7 Å². The average Bonchev–Trinajstić information content (AvgIpc) is 3.21. The zero-order valence-corrected chi connectivity index (χ0v) is 16.9. The molecule has 0 saturated carbocycles. The van der Waals surface area contributed by atoms with Crippen LogP contribution in [0.3, 0.4) is 0 Å². The van der Waals surface area contributed by atoms with E-state index >= 15 is 0 Å². The van der Waals surface area contributed by atoms with E-state index in [-0.39, 0.29) is 0 Å². The number of anilines is 2. The highest BCUT2D eigenvalue weighted by molar-refractivity contribution is 5.68. The first-order valence-corrected chi connectivity index (χ1v) is 10.4. The lowest BCUT2D eigenvalue weighted by Crippen LogP contribution is -2.37. The van der Waals surface area contributed by atoms with Gasteiger partial charge in [0.1, 0.15) is 5.82 Å². The number of nitrogens with zero attached hydrogens (tertiary/aromatic N) is 5. The molecule has 7 nitrogen and oxygen atoms in total. The molecule has 0 amide bonds. The molecule has 1 N–H and O–H groups in total. The second-order valence-corrected chi connectivity index (χ2v) is 7.18. The van der Waals surface area contributed by atoms with Crippen molar-refractivity contribution in [1.29, 1.82) is 0 Å². The van der Waals surface area contributed by atoms with Crippen molar-refractivity contribution in [3.05, 3.63) is 42.5 Å². The van der Waals surface area contributed by atoms with Crippen LogP contribution in [0.2, 0.25) is 0 Å². The quantitative estimate of drug-likeness (QED) is 0.353. The first-order valence-electron chi connectivity index (χ1n) is 10.4. The van der Waals surface area contributed by atoms with Crippen LogP contribution < -0.4 is 10.3 Å². The molecule has 0 atom stereocenters. The molecular formula is C22H28N6O. The van der Waals surface area contributed by atoms with Crippen LogP contribution in [0.5, 0.6) is 0 Å². The van der Waals surface area contributed by atoms with E-state index in [2.05, 4.69) is 34.5 Å². The third-order valence-electron chi connectivity index (χ3n) is 5.02. The fourth-order valence-electron chi connectivity index (χ4n) is 3.45. The molecule has 0 bridgehead atoms. The van der Waals surface area contributed by atoms with Crippen LogP contribution in [0.25, 0.3) is 16.9 Å². The molecule has 0 spiro atoms. The molecule has 1 aliphatic rings. The largest absolute Gasteiger partial charge is 0.378 e. The monoisotopic (exact) mass is 392 g/mol. The van der Waals surface area contributed by atoms with E-state index in [1.807, 2.05) is 41.1 Å². The summed E-state index contributed by atoms with van der Waals surface area (Å²) in [5, 5.41) is 9.20. The molecule has 0 unspecified atom stereocenters. The van der Waals surface area contributed by atoms with Crippen LogP contribution in [0.4, 0.5) is 11.6 Å². The highest BCUT2D eigenvalue weighted by atomic mass is 16.5. The van der Waals surface area contributed by atoms with Gasteiger partial charge in [-0.1, -0.05) is 50.1 Å². The number of aromatic nitrogens is 3. The van der Waals surface area contributed by atoms with Crippen LogP contribution in [-0.2, 0) is 4.74 Å². The van der Waals surface area contributed by atoms with Crippen molar-refractivity contribution in [3.63, 3.8) is 0 Å². The van der Waals surface area contributed by atoms with E-state index in [1.165, 1.54) is 12.8 Å². The SMILES string of the molecule is CCCCC/C=N/Nc1cc(N2CCOCC2)n2nc(-c3ccccc3)cc2n1. The summed E-state index contributed by atoms with van der Waals surface area (Å²) in [6.07, 6.45) is 6.52. The van der Waals surface area contributed by atoms with Gasteiger partial charge in [-0.05, 0) is 12.8 Å². The van der Waals surface area contributed by atoms with Gasteiger partial charge in [0.2, 0.25) is 0 Å². The Kier molecular flexibility index (Phi) is 6.36. The van der Waals surface area contributed by atoms with Crippen LogP contribution in [0.1, 0.15) is 32.6 Å². The lowest BCUT2D eigenvalue weighted by Gasteiger charge is -2.29. The number of morpholine rings is 1. The highest BCUT2D eigenvalue weighted by Gasteiger charge is 2.18. The Hall–Kier alpha value is -2.93. The zero-order valence-electron chi connectivity index (χ0n) is 16.9. The summed E-state index contributed by atoms with van der Waals surface area (Å²) in [7, 11) is 0. The summed E-state index contributed by atoms with van der Waals surface area (Å²) in [6.45, 7) is 5.31. The topological polar surface area (TPSA) is 67.0 Å². The Labute approximate surface area is 171 Å². The van der Waals surface area contributed by atoms with Gasteiger partial charge in [0.15, 0.2) is 11.5 Å². The molecule has 7 heteroatoms. The van der Waals surface area contributed by atoms with Crippen molar-refractivity contribution in [2.45, 2.75) is 32.6 Å². The molecular weight excluding hydrogens is 364 g/mol. The Bertz CT molecular complexity index is 947. The van der Waals surface area contributed by atoms with Crippen molar-refractivity contribution in [1.82, 2.24) is 14.6 Å². The van der Waals surface area contributed by atoms with Crippen molar-refractivity contribution in [3.8, 4) is 11.3 Å². The van der Waals surface area contributed by atoms with Gasteiger partial charge in [-0.2, -0.15) is 14.7 Å². The van der Waals surface area contributed by atoms with Crippen molar-refractivity contribution < 1.29 is 4.74 Å². The molecule has 4 rings (SSSR count). The van der Waals surface area contributed by atoms with Crippen LogP contribution >= 0.6 is 0 Å². The second-order valence-electron chi connectivity index (χ2n) is 7.18. The number of hydrazone groups is 1. The third-order valence-corrected chi connectivity index (χ3v) is 5.02. The van der Waals surface area contributed by atoms with Gasteiger partial charge in [-0.25, -0.2) is 4.98 Å². The fourth-order valence-corrected chi connectivity index (χ4v) is 3.45. The number of fused-ring (bicyclic) bond motifs is 1. The minimum Gasteiger partial charge on any atom is -0.378 e. The summed E-state index contributed by atoms with van der Waals surface area (Å²) in [4.78, 5) is 7.02. The minimum atomic E-state index is 0.717. The predicted octanol–water partition coefficient (Wildman–Crippen LogP) is 4.21. The molecule has 1 aromatic carbocycles. The molecule has 3 aromatic rings. The van der Waals surface area contributed by atoms with Crippen LogP contribution in [0.15, 0.2) is 47.6 Å². The standard InChI is InChI=1S/C22H28N6O/c1-2-3-4-8-11-23-25-20-17-22(27-12-14-29-15-13-27)28-21(24-20)16-19(26-28)18-9-6-5-7-10-18/h5-7,9-11,16-17H,2-4,8,12-15H2,1H3,(H,24,25)/b23-11+. The van der Waals surface area contributed by atoms with E-state index in [9.17, 15) is 0 Å². The Balaban J connectivity index is 1.64. The Morgan fingerprint density at radius 1 is 1.14 bits per heavy atom. The number of ether oxygens (including phenoxy) is 1. The molecule has 29 heavy (non-hydrogen) atoms. The van der Waals surface area contributed by atoms with Crippen LogP contribution in [0, 0.1) is 0 Å². The van der Waals surface area contributed by atoms with Crippen molar-refractivity contribution in [2.75, 3.05) is 36.6 Å². The molecule has 1 aliphatic heterocycles. The maximum absolute atomic E-state index is 5.52. The van der Waals surface area contributed by atoms with Crippen molar-refractivity contribution >= 4 is 23.5 Å². The van der Waals surface area contributed by atoms with Gasteiger partial charge in [0.05, 0.1) is 18.9 Å². The maximum atomic E-state index is 5.52. The number of benzene rings is 1. The highest BCUT2D eigenvalue weighted by Crippen LogP contribution is 2.25. The van der Waals surface area contributed by atoms with Gasteiger partial charge >= 0.3 is 0 Å². The number of hydrogen-bond donors (Lipinski definition) is 1. The molecule has 152 valence electrons.